The van der Waals surface area contributed by atoms with Gasteiger partial charge in [-0.05, 0) is 24.1 Å². The number of benzene rings is 1. The third kappa shape index (κ3) is 2.47. The molecule has 0 heterocycles. The fourth-order valence-corrected chi connectivity index (χ4v) is 1.09. The number of rotatable bonds is 2. The second-order valence-electron chi connectivity index (χ2n) is 2.89. The zero-order chi connectivity index (χ0) is 9.84. The van der Waals surface area contributed by atoms with E-state index in [9.17, 15) is 9.90 Å². The molecule has 1 amide bonds. The normalized spacial score (nSPS) is 9.69. The van der Waals surface area contributed by atoms with Gasteiger partial charge in [0.25, 0.3) is 0 Å². The number of carbonyl (C=O) groups excluding carboxylic acids is 1. The monoisotopic (exact) mass is 179 g/mol. The van der Waals surface area contributed by atoms with Gasteiger partial charge in [-0.3, -0.25) is 4.79 Å². The summed E-state index contributed by atoms with van der Waals surface area (Å²) in [6, 6.07) is 5.20. The molecule has 0 saturated carbocycles. The van der Waals surface area contributed by atoms with E-state index in [1.807, 2.05) is 13.0 Å². The lowest BCUT2D eigenvalue weighted by Gasteiger charge is -2.06. The molecule has 1 rings (SSSR count). The predicted octanol–water partition coefficient (Wildman–Crippen LogP) is 1.91. The van der Waals surface area contributed by atoms with Crippen LogP contribution in [0.4, 0.5) is 5.69 Å². The zero-order valence-electron chi connectivity index (χ0n) is 7.79. The minimum atomic E-state index is -0.177. The summed E-state index contributed by atoms with van der Waals surface area (Å²) >= 11 is 0. The van der Waals surface area contributed by atoms with Crippen molar-refractivity contribution in [3.63, 3.8) is 0 Å². The summed E-state index contributed by atoms with van der Waals surface area (Å²) in [6.45, 7) is 3.43. The summed E-state index contributed by atoms with van der Waals surface area (Å²) in [4.78, 5) is 10.7. The molecule has 1 aromatic rings. The van der Waals surface area contributed by atoms with Gasteiger partial charge in [-0.2, -0.15) is 0 Å². The number of hydrogen-bond donors (Lipinski definition) is 2. The molecule has 0 unspecified atom stereocenters. The molecular weight excluding hydrogens is 166 g/mol. The van der Waals surface area contributed by atoms with Crippen LogP contribution in [0.1, 0.15) is 19.4 Å². The Labute approximate surface area is 77.4 Å². The molecule has 3 nitrogen and oxygen atoms in total. The van der Waals surface area contributed by atoms with Crippen LogP contribution in [-0.4, -0.2) is 11.0 Å². The highest BCUT2D eigenvalue weighted by atomic mass is 16.3. The maximum atomic E-state index is 10.7. The van der Waals surface area contributed by atoms with Gasteiger partial charge in [-0.25, -0.2) is 0 Å². The number of nitrogens with one attached hydrogen (secondary N) is 1. The molecule has 0 radical (unpaired) electrons. The highest BCUT2D eigenvalue weighted by Gasteiger charge is 2.02. The molecule has 0 aromatic heterocycles. The van der Waals surface area contributed by atoms with Gasteiger partial charge < -0.3 is 10.4 Å². The largest absolute Gasteiger partial charge is 0.506 e. The second kappa shape index (κ2) is 3.94. The van der Waals surface area contributed by atoms with Crippen molar-refractivity contribution in [1.82, 2.24) is 0 Å². The summed E-state index contributed by atoms with van der Waals surface area (Å²) < 4.78 is 0. The van der Waals surface area contributed by atoms with Crippen LogP contribution in [-0.2, 0) is 11.2 Å². The number of amides is 1. The average Bonchev–Trinajstić information content (AvgIpc) is 2.08. The highest BCUT2D eigenvalue weighted by molar-refractivity contribution is 5.90. The number of phenols is 1. The fourth-order valence-electron chi connectivity index (χ4n) is 1.09. The Morgan fingerprint density at radius 2 is 2.23 bits per heavy atom. The fraction of sp³-hybridized carbons (Fsp3) is 0.300. The molecule has 13 heavy (non-hydrogen) atoms. The lowest BCUT2D eigenvalue weighted by molar-refractivity contribution is -0.114. The van der Waals surface area contributed by atoms with E-state index < -0.39 is 0 Å². The Balaban J connectivity index is 2.96. The van der Waals surface area contributed by atoms with Crippen LogP contribution in [0.5, 0.6) is 5.75 Å². The van der Waals surface area contributed by atoms with Crippen LogP contribution in [0.15, 0.2) is 18.2 Å². The topological polar surface area (TPSA) is 49.3 Å². The maximum absolute atomic E-state index is 10.7. The van der Waals surface area contributed by atoms with E-state index in [1.54, 1.807) is 12.1 Å². The van der Waals surface area contributed by atoms with Crippen LogP contribution in [0.3, 0.4) is 0 Å². The Morgan fingerprint density at radius 1 is 1.54 bits per heavy atom. The number of aromatic hydroxyl groups is 1. The van der Waals surface area contributed by atoms with Crippen LogP contribution in [0.25, 0.3) is 0 Å². The predicted molar refractivity (Wildman–Crippen MR) is 51.8 cm³/mol. The van der Waals surface area contributed by atoms with Gasteiger partial charge in [0.15, 0.2) is 0 Å². The van der Waals surface area contributed by atoms with E-state index in [0.717, 1.165) is 12.0 Å². The lowest BCUT2D eigenvalue weighted by Crippen LogP contribution is -2.06. The van der Waals surface area contributed by atoms with Gasteiger partial charge in [-0.15, -0.1) is 0 Å². The molecule has 0 saturated heterocycles. The maximum Gasteiger partial charge on any atom is 0.221 e. The van der Waals surface area contributed by atoms with Gasteiger partial charge in [0, 0.05) is 6.92 Å². The minimum absolute atomic E-state index is 0.104. The van der Waals surface area contributed by atoms with Crippen molar-refractivity contribution < 1.29 is 9.90 Å². The first-order valence-electron chi connectivity index (χ1n) is 4.23. The molecule has 0 aliphatic heterocycles. The first kappa shape index (κ1) is 9.58. The first-order valence-corrected chi connectivity index (χ1v) is 4.23. The first-order chi connectivity index (χ1) is 6.13. The SMILES string of the molecule is CCc1ccc(O)c(NC(C)=O)c1. The summed E-state index contributed by atoms with van der Waals surface area (Å²) in [5, 5.41) is 11.9. The van der Waals surface area contributed by atoms with Gasteiger partial charge in [-0.1, -0.05) is 13.0 Å². The number of phenolic OH excluding ortho intramolecular Hbond substituents is 1. The van der Waals surface area contributed by atoms with Crippen molar-refractivity contribution in [3.05, 3.63) is 23.8 Å². The Hall–Kier alpha value is -1.51. The number of anilines is 1. The van der Waals surface area contributed by atoms with Crippen molar-refractivity contribution in [2.45, 2.75) is 20.3 Å². The van der Waals surface area contributed by atoms with Crippen LogP contribution < -0.4 is 5.32 Å². The van der Waals surface area contributed by atoms with Crippen molar-refractivity contribution in [1.29, 1.82) is 0 Å². The molecule has 0 aliphatic carbocycles. The van der Waals surface area contributed by atoms with Gasteiger partial charge in [0.05, 0.1) is 5.69 Å². The van der Waals surface area contributed by atoms with Crippen molar-refractivity contribution in [2.24, 2.45) is 0 Å². The Kier molecular flexibility index (Phi) is 2.90. The lowest BCUT2D eigenvalue weighted by atomic mass is 10.1. The summed E-state index contributed by atoms with van der Waals surface area (Å²) in [5.74, 6) is -0.0732. The summed E-state index contributed by atoms with van der Waals surface area (Å²) in [6.07, 6.45) is 0.882. The van der Waals surface area contributed by atoms with Crippen LogP contribution >= 0.6 is 0 Å². The van der Waals surface area contributed by atoms with Gasteiger partial charge in [0.1, 0.15) is 5.75 Å². The Morgan fingerprint density at radius 3 is 2.77 bits per heavy atom. The average molecular weight is 179 g/mol. The quantitative estimate of drug-likeness (QED) is 0.681. The molecule has 1 aromatic carbocycles. The standard InChI is InChI=1S/C10H13NO2/c1-3-8-4-5-10(13)9(6-8)11-7(2)12/h4-6,13H,3H2,1-2H3,(H,11,12). The van der Waals surface area contributed by atoms with E-state index in [0.29, 0.717) is 5.69 Å². The zero-order valence-corrected chi connectivity index (χ0v) is 7.79. The molecular formula is C10H13NO2. The molecule has 0 atom stereocenters. The minimum Gasteiger partial charge on any atom is -0.506 e. The molecule has 0 fully saturated rings. The van der Waals surface area contributed by atoms with E-state index in [4.69, 9.17) is 0 Å². The van der Waals surface area contributed by atoms with Crippen LogP contribution in [0, 0.1) is 0 Å². The van der Waals surface area contributed by atoms with Crippen molar-refractivity contribution >= 4 is 11.6 Å². The van der Waals surface area contributed by atoms with Crippen molar-refractivity contribution in [3.8, 4) is 5.75 Å². The van der Waals surface area contributed by atoms with Crippen LogP contribution in [0.2, 0.25) is 0 Å². The Bertz CT molecular complexity index is 321. The van der Waals surface area contributed by atoms with E-state index >= 15 is 0 Å². The number of hydrogen-bond acceptors (Lipinski definition) is 2. The molecule has 0 aliphatic rings. The van der Waals surface area contributed by atoms with Crippen molar-refractivity contribution in [2.75, 3.05) is 5.32 Å². The molecule has 2 N–H and O–H groups in total. The number of aryl methyl sites for hydroxylation is 1. The third-order valence-electron chi connectivity index (χ3n) is 1.78. The summed E-state index contributed by atoms with van der Waals surface area (Å²) in [7, 11) is 0. The third-order valence-corrected chi connectivity index (χ3v) is 1.78. The van der Waals surface area contributed by atoms with E-state index in [-0.39, 0.29) is 11.7 Å². The molecule has 70 valence electrons. The highest BCUT2D eigenvalue weighted by Crippen LogP contribution is 2.24. The van der Waals surface area contributed by atoms with Gasteiger partial charge >= 0.3 is 0 Å². The molecule has 3 heteroatoms. The summed E-state index contributed by atoms with van der Waals surface area (Å²) in [5.41, 5.74) is 1.56. The van der Waals surface area contributed by atoms with E-state index in [2.05, 4.69) is 5.32 Å². The molecule has 0 spiro atoms. The van der Waals surface area contributed by atoms with Gasteiger partial charge in [0.2, 0.25) is 5.91 Å². The second-order valence-corrected chi connectivity index (χ2v) is 2.89. The smallest absolute Gasteiger partial charge is 0.221 e. The molecule has 0 bridgehead atoms. The van der Waals surface area contributed by atoms with E-state index in [1.165, 1.54) is 6.92 Å². The number of carbonyl (C=O) groups is 1.